The molecule has 0 spiro atoms. The van der Waals surface area contributed by atoms with Gasteiger partial charge in [0.1, 0.15) is 5.75 Å². The molecule has 0 amide bonds. The monoisotopic (exact) mass is 352 g/mol. The summed E-state index contributed by atoms with van der Waals surface area (Å²) < 4.78 is 6.40. The molecule has 0 aromatic heterocycles. The normalized spacial score (nSPS) is 16.9. The molecule has 0 saturated heterocycles. The molecular weight excluding hydrogens is 337 g/mol. The SMILES string of the molecule is COc1ccc(NC/C(I)=C/[C]2[CH][CH][CH][CH]2)cc1. The van der Waals surface area contributed by atoms with Gasteiger partial charge in [-0.15, -0.1) is 0 Å². The maximum absolute atomic E-state index is 5.12. The summed E-state index contributed by atoms with van der Waals surface area (Å²) in [5.74, 6) is 2.12. The molecule has 3 heteroatoms. The average Bonchev–Trinajstić information content (AvgIpc) is 2.90. The first-order valence-corrected chi connectivity index (χ1v) is 6.81. The smallest absolute Gasteiger partial charge is 0.119 e. The lowest BCUT2D eigenvalue weighted by atomic mass is 10.1. The van der Waals surface area contributed by atoms with Gasteiger partial charge in [-0.25, -0.2) is 0 Å². The molecule has 1 fully saturated rings. The third kappa shape index (κ3) is 4.19. The van der Waals surface area contributed by atoms with Crippen LogP contribution in [0, 0.1) is 31.6 Å². The fourth-order valence-corrected chi connectivity index (χ4v) is 2.16. The molecule has 1 aromatic rings. The second-order valence-electron chi connectivity index (χ2n) is 3.89. The Morgan fingerprint density at radius 1 is 1.22 bits per heavy atom. The van der Waals surface area contributed by atoms with E-state index < -0.39 is 0 Å². The van der Waals surface area contributed by atoms with Crippen LogP contribution in [-0.2, 0) is 0 Å². The van der Waals surface area contributed by atoms with Crippen molar-refractivity contribution in [3.05, 3.63) is 65.5 Å². The number of hydrogen-bond donors (Lipinski definition) is 1. The molecule has 2 nitrogen and oxygen atoms in total. The summed E-state index contributed by atoms with van der Waals surface area (Å²) in [5.41, 5.74) is 1.10. The number of halogens is 1. The largest absolute Gasteiger partial charge is 0.497 e. The molecule has 2 rings (SSSR count). The van der Waals surface area contributed by atoms with Crippen LogP contribution in [-0.4, -0.2) is 13.7 Å². The van der Waals surface area contributed by atoms with Crippen LogP contribution in [0.1, 0.15) is 0 Å². The van der Waals surface area contributed by atoms with Crippen molar-refractivity contribution >= 4 is 28.3 Å². The number of rotatable bonds is 5. The predicted molar refractivity (Wildman–Crippen MR) is 84.0 cm³/mol. The first-order chi connectivity index (χ1) is 8.78. The van der Waals surface area contributed by atoms with E-state index in [0.29, 0.717) is 0 Å². The van der Waals surface area contributed by atoms with Crippen LogP contribution in [0.25, 0.3) is 0 Å². The Morgan fingerprint density at radius 2 is 1.89 bits per heavy atom. The van der Waals surface area contributed by atoms with Gasteiger partial charge >= 0.3 is 0 Å². The van der Waals surface area contributed by atoms with Gasteiger partial charge in [0.25, 0.3) is 0 Å². The molecule has 1 saturated carbocycles. The number of ether oxygens (including phenoxy) is 1. The van der Waals surface area contributed by atoms with Crippen LogP contribution in [0.2, 0.25) is 0 Å². The molecule has 0 heterocycles. The van der Waals surface area contributed by atoms with E-state index in [0.717, 1.165) is 18.0 Å². The van der Waals surface area contributed by atoms with Crippen molar-refractivity contribution in [2.24, 2.45) is 0 Å². The topological polar surface area (TPSA) is 21.3 Å². The minimum Gasteiger partial charge on any atom is -0.497 e. The molecule has 0 aliphatic heterocycles. The molecule has 18 heavy (non-hydrogen) atoms. The van der Waals surface area contributed by atoms with Crippen molar-refractivity contribution in [3.8, 4) is 5.75 Å². The number of benzene rings is 1. The molecule has 0 unspecified atom stereocenters. The van der Waals surface area contributed by atoms with Gasteiger partial charge in [0.2, 0.25) is 0 Å². The van der Waals surface area contributed by atoms with Gasteiger partial charge in [-0.1, -0.05) is 6.08 Å². The van der Waals surface area contributed by atoms with Crippen molar-refractivity contribution < 1.29 is 4.74 Å². The number of anilines is 1. The molecule has 1 aliphatic rings. The van der Waals surface area contributed by atoms with E-state index in [9.17, 15) is 0 Å². The zero-order valence-electron chi connectivity index (χ0n) is 10.2. The van der Waals surface area contributed by atoms with E-state index in [1.54, 1.807) is 7.11 Å². The highest BCUT2D eigenvalue weighted by Crippen LogP contribution is 2.27. The van der Waals surface area contributed by atoms with Crippen LogP contribution in [0.15, 0.2) is 33.9 Å². The predicted octanol–water partition coefficient (Wildman–Crippen LogP) is 3.83. The average molecular weight is 352 g/mol. The van der Waals surface area contributed by atoms with Crippen molar-refractivity contribution in [1.29, 1.82) is 0 Å². The zero-order chi connectivity index (χ0) is 12.8. The number of nitrogens with one attached hydrogen (secondary N) is 1. The third-order valence-electron chi connectivity index (χ3n) is 2.56. The summed E-state index contributed by atoms with van der Waals surface area (Å²) in [6.45, 7) is 0.831. The Morgan fingerprint density at radius 3 is 2.50 bits per heavy atom. The molecule has 93 valence electrons. The zero-order valence-corrected chi connectivity index (χ0v) is 12.3. The minimum absolute atomic E-state index is 0.831. The molecule has 1 N–H and O–H groups in total. The molecule has 5 radical (unpaired) electrons. The molecule has 0 bridgehead atoms. The highest BCUT2D eigenvalue weighted by molar-refractivity contribution is 14.1. The van der Waals surface area contributed by atoms with Gasteiger partial charge in [-0.3, -0.25) is 0 Å². The second-order valence-corrected chi connectivity index (χ2v) is 5.28. The summed E-state index contributed by atoms with van der Waals surface area (Å²) in [4.78, 5) is 0. The van der Waals surface area contributed by atoms with Crippen LogP contribution >= 0.6 is 22.6 Å². The van der Waals surface area contributed by atoms with Crippen LogP contribution in [0.3, 0.4) is 0 Å². The summed E-state index contributed by atoms with van der Waals surface area (Å²) in [6.07, 6.45) is 10.5. The van der Waals surface area contributed by atoms with Crippen LogP contribution in [0.5, 0.6) is 5.75 Å². The van der Waals surface area contributed by atoms with Crippen LogP contribution in [0.4, 0.5) is 5.69 Å². The summed E-state index contributed by atoms with van der Waals surface area (Å²) in [5, 5.41) is 3.38. The van der Waals surface area contributed by atoms with E-state index in [1.165, 1.54) is 9.50 Å². The first kappa shape index (κ1) is 13.7. The van der Waals surface area contributed by atoms with Crippen molar-refractivity contribution in [2.45, 2.75) is 0 Å². The third-order valence-corrected chi connectivity index (χ3v) is 3.26. The van der Waals surface area contributed by atoms with Gasteiger partial charge in [0, 0.05) is 21.7 Å². The molecule has 1 aliphatic carbocycles. The standard InChI is InChI=1S/C15H15INO/c1-18-15-8-6-14(7-9-15)17-11-13(16)10-12-4-2-3-5-12/h2-10,17H,11H2,1H3/b13-10-. The summed E-state index contributed by atoms with van der Waals surface area (Å²) in [6, 6.07) is 7.95. The Balaban J connectivity index is 1.82. The van der Waals surface area contributed by atoms with E-state index in [2.05, 4.69) is 46.8 Å². The molecular formula is C15H15INO. The molecule has 0 atom stereocenters. The Hall–Kier alpha value is -0.710. The summed E-state index contributed by atoms with van der Waals surface area (Å²) in [7, 11) is 1.67. The fourth-order valence-electron chi connectivity index (χ4n) is 1.61. The van der Waals surface area contributed by atoms with E-state index in [-0.39, 0.29) is 0 Å². The van der Waals surface area contributed by atoms with Crippen LogP contribution < -0.4 is 10.1 Å². The highest BCUT2D eigenvalue weighted by atomic mass is 127. The van der Waals surface area contributed by atoms with Gasteiger partial charge in [0.05, 0.1) is 7.11 Å². The summed E-state index contributed by atoms with van der Waals surface area (Å²) >= 11 is 2.36. The van der Waals surface area contributed by atoms with Gasteiger partial charge in [0.15, 0.2) is 0 Å². The highest BCUT2D eigenvalue weighted by Gasteiger charge is 2.14. The van der Waals surface area contributed by atoms with E-state index in [1.807, 2.05) is 37.1 Å². The van der Waals surface area contributed by atoms with Crippen molar-refractivity contribution in [3.63, 3.8) is 0 Å². The van der Waals surface area contributed by atoms with E-state index >= 15 is 0 Å². The minimum atomic E-state index is 0.831. The van der Waals surface area contributed by atoms with Crippen molar-refractivity contribution in [1.82, 2.24) is 0 Å². The van der Waals surface area contributed by atoms with Crippen molar-refractivity contribution in [2.75, 3.05) is 19.0 Å². The number of hydrogen-bond acceptors (Lipinski definition) is 2. The maximum atomic E-state index is 5.12. The Labute approximate surface area is 123 Å². The lowest BCUT2D eigenvalue weighted by molar-refractivity contribution is 0.415. The van der Waals surface area contributed by atoms with E-state index in [4.69, 9.17) is 4.74 Å². The molecule has 1 aromatic carbocycles. The van der Waals surface area contributed by atoms with Gasteiger partial charge in [-0.05, 0) is 72.5 Å². The number of allylic oxidation sites excluding steroid dienone is 1. The number of methoxy groups -OCH3 is 1. The lowest BCUT2D eigenvalue weighted by Crippen LogP contribution is -2.02. The Bertz CT molecular complexity index is 393. The lowest BCUT2D eigenvalue weighted by Gasteiger charge is -2.08. The second kappa shape index (κ2) is 7.02. The first-order valence-electron chi connectivity index (χ1n) is 5.73. The van der Waals surface area contributed by atoms with Gasteiger partial charge in [-0.2, -0.15) is 0 Å². The maximum Gasteiger partial charge on any atom is 0.119 e. The quantitative estimate of drug-likeness (QED) is 0.814. The van der Waals surface area contributed by atoms with Gasteiger partial charge < -0.3 is 10.1 Å². The Kier molecular flexibility index (Phi) is 5.35. The fraction of sp³-hybridized carbons (Fsp3) is 0.133.